The Hall–Kier alpha value is -2.41. The Balaban J connectivity index is 2.20. The van der Waals surface area contributed by atoms with Crippen molar-refractivity contribution >= 4 is 32.8 Å². The van der Waals surface area contributed by atoms with E-state index in [1.54, 1.807) is 6.20 Å². The highest BCUT2D eigenvalue weighted by Crippen LogP contribution is 2.31. The Morgan fingerprint density at radius 3 is 2.83 bits per heavy atom. The monoisotopic (exact) mass is 378 g/mol. The summed E-state index contributed by atoms with van der Waals surface area (Å²) in [5.41, 5.74) is 0.832. The van der Waals surface area contributed by atoms with Gasteiger partial charge in [-0.15, -0.1) is 0 Å². The van der Waals surface area contributed by atoms with Crippen LogP contribution in [0.3, 0.4) is 0 Å². The highest BCUT2D eigenvalue weighted by Gasteiger charge is 2.27. The maximum absolute atomic E-state index is 13.6. The van der Waals surface area contributed by atoms with Crippen LogP contribution >= 0.6 is 15.9 Å². The topological polar surface area (TPSA) is 64.3 Å². The molecule has 0 aliphatic heterocycles. The molecule has 1 N–H and O–H groups in total. The molecule has 1 aromatic heterocycles. The molecule has 7 heteroatoms. The van der Waals surface area contributed by atoms with E-state index in [-0.39, 0.29) is 11.3 Å². The lowest BCUT2D eigenvalue weighted by atomic mass is 10.1. The van der Waals surface area contributed by atoms with Crippen LogP contribution in [0.1, 0.15) is 11.6 Å². The Morgan fingerprint density at radius 2 is 2.17 bits per heavy atom. The zero-order valence-corrected chi connectivity index (χ0v) is 13.6. The summed E-state index contributed by atoms with van der Waals surface area (Å²) in [5.74, 6) is -1.40. The second-order valence-corrected chi connectivity index (χ2v) is 5.77. The standard InChI is InChI=1S/C16H12BrFN2O3/c1-23-13-6-5-10(18)7-11(13)15(16(21)22)20-8-9-3-2-4-12(17)14(9)19-20/h2-8,15H,1H3,(H,21,22)/t15-/m1/s1. The number of carboxylic acids is 1. The van der Waals surface area contributed by atoms with Crippen molar-refractivity contribution in [2.45, 2.75) is 6.04 Å². The van der Waals surface area contributed by atoms with E-state index in [0.717, 1.165) is 15.9 Å². The van der Waals surface area contributed by atoms with Gasteiger partial charge < -0.3 is 9.84 Å². The maximum atomic E-state index is 13.6. The van der Waals surface area contributed by atoms with E-state index in [9.17, 15) is 14.3 Å². The van der Waals surface area contributed by atoms with Gasteiger partial charge in [0.25, 0.3) is 0 Å². The van der Waals surface area contributed by atoms with Crippen LogP contribution in [0.5, 0.6) is 5.75 Å². The van der Waals surface area contributed by atoms with Crippen LogP contribution in [0, 0.1) is 5.82 Å². The van der Waals surface area contributed by atoms with Crippen molar-refractivity contribution in [1.82, 2.24) is 9.78 Å². The number of benzene rings is 2. The fourth-order valence-electron chi connectivity index (χ4n) is 2.47. The summed E-state index contributed by atoms with van der Waals surface area (Å²) in [4.78, 5) is 11.8. The van der Waals surface area contributed by atoms with E-state index in [0.29, 0.717) is 5.52 Å². The number of hydrogen-bond donors (Lipinski definition) is 1. The molecule has 0 unspecified atom stereocenters. The molecule has 23 heavy (non-hydrogen) atoms. The fraction of sp³-hybridized carbons (Fsp3) is 0.125. The van der Waals surface area contributed by atoms with Crippen LogP contribution in [0.25, 0.3) is 10.9 Å². The third-order valence-corrected chi connectivity index (χ3v) is 4.13. The molecule has 118 valence electrons. The molecule has 0 saturated heterocycles. The van der Waals surface area contributed by atoms with Gasteiger partial charge >= 0.3 is 5.97 Å². The molecule has 0 spiro atoms. The van der Waals surface area contributed by atoms with Crippen LogP contribution < -0.4 is 4.74 Å². The van der Waals surface area contributed by atoms with E-state index in [4.69, 9.17) is 4.74 Å². The summed E-state index contributed by atoms with van der Waals surface area (Å²) in [6.07, 6.45) is 1.61. The molecule has 0 bridgehead atoms. The van der Waals surface area contributed by atoms with Gasteiger partial charge in [0.05, 0.1) is 7.11 Å². The van der Waals surface area contributed by atoms with E-state index < -0.39 is 17.8 Å². The van der Waals surface area contributed by atoms with Crippen LogP contribution in [0.15, 0.2) is 47.1 Å². The molecule has 0 fully saturated rings. The molecule has 0 radical (unpaired) electrons. The first-order valence-electron chi connectivity index (χ1n) is 6.71. The number of aliphatic carboxylic acids is 1. The van der Waals surface area contributed by atoms with Gasteiger partial charge in [-0.2, -0.15) is 5.10 Å². The number of ether oxygens (including phenoxy) is 1. The number of fused-ring (bicyclic) bond motifs is 1. The highest BCUT2D eigenvalue weighted by molar-refractivity contribution is 9.10. The number of carboxylic acid groups (broad SMARTS) is 1. The number of methoxy groups -OCH3 is 1. The van der Waals surface area contributed by atoms with Gasteiger partial charge in [-0.3, -0.25) is 4.68 Å². The molecule has 0 aliphatic rings. The average Bonchev–Trinajstić information content (AvgIpc) is 2.92. The molecule has 0 saturated carbocycles. The summed E-state index contributed by atoms with van der Waals surface area (Å²) in [6, 6.07) is 8.05. The molecular formula is C16H12BrFN2O3. The summed E-state index contributed by atoms with van der Waals surface area (Å²) < 4.78 is 20.8. The zero-order valence-electron chi connectivity index (χ0n) is 12.0. The number of rotatable bonds is 4. The molecule has 1 atom stereocenters. The normalized spacial score (nSPS) is 12.3. The SMILES string of the molecule is COc1ccc(F)cc1[C@H](C(=O)O)n1cc2cccc(Br)c2n1. The Morgan fingerprint density at radius 1 is 1.39 bits per heavy atom. The third kappa shape index (κ3) is 2.79. The first-order valence-corrected chi connectivity index (χ1v) is 7.50. The van der Waals surface area contributed by atoms with Gasteiger partial charge in [0.1, 0.15) is 17.1 Å². The molecule has 3 aromatic rings. The smallest absolute Gasteiger partial charge is 0.333 e. The van der Waals surface area contributed by atoms with Crippen molar-refractivity contribution in [2.24, 2.45) is 0 Å². The Bertz CT molecular complexity index is 894. The average molecular weight is 379 g/mol. The number of halogens is 2. The lowest BCUT2D eigenvalue weighted by Gasteiger charge is -2.16. The number of aromatic nitrogens is 2. The zero-order chi connectivity index (χ0) is 16.6. The number of carbonyl (C=O) groups is 1. The third-order valence-electron chi connectivity index (χ3n) is 3.49. The predicted octanol–water partition coefficient (Wildman–Crippen LogP) is 3.62. The van der Waals surface area contributed by atoms with Crippen molar-refractivity contribution < 1.29 is 19.0 Å². The molecule has 2 aromatic carbocycles. The quantitative estimate of drug-likeness (QED) is 0.752. The Labute approximate surface area is 139 Å². The van der Waals surface area contributed by atoms with Crippen LogP contribution in [0.2, 0.25) is 0 Å². The van der Waals surface area contributed by atoms with Gasteiger partial charge in [-0.1, -0.05) is 12.1 Å². The first kappa shape index (κ1) is 15.5. The summed E-state index contributed by atoms with van der Waals surface area (Å²) in [6.45, 7) is 0. The molecule has 3 rings (SSSR count). The molecule has 0 aliphatic carbocycles. The molecule has 5 nitrogen and oxygen atoms in total. The van der Waals surface area contributed by atoms with E-state index in [1.165, 1.54) is 23.9 Å². The molecular weight excluding hydrogens is 367 g/mol. The van der Waals surface area contributed by atoms with Gasteiger partial charge in [-0.05, 0) is 40.2 Å². The van der Waals surface area contributed by atoms with E-state index in [1.807, 2.05) is 18.2 Å². The minimum Gasteiger partial charge on any atom is -0.496 e. The molecule has 0 amide bonds. The lowest BCUT2D eigenvalue weighted by Crippen LogP contribution is -2.21. The van der Waals surface area contributed by atoms with Gasteiger partial charge in [0.15, 0.2) is 6.04 Å². The van der Waals surface area contributed by atoms with Crippen LogP contribution in [-0.2, 0) is 4.79 Å². The summed E-state index contributed by atoms with van der Waals surface area (Å²) in [7, 11) is 1.41. The minimum atomic E-state index is -1.19. The largest absolute Gasteiger partial charge is 0.496 e. The van der Waals surface area contributed by atoms with Gasteiger partial charge in [-0.25, -0.2) is 9.18 Å². The molecule has 1 heterocycles. The second kappa shape index (κ2) is 6.00. The summed E-state index contributed by atoms with van der Waals surface area (Å²) in [5, 5.41) is 14.7. The lowest BCUT2D eigenvalue weighted by molar-refractivity contribution is -0.139. The minimum absolute atomic E-state index is 0.198. The van der Waals surface area contributed by atoms with Crippen LogP contribution in [-0.4, -0.2) is 28.0 Å². The van der Waals surface area contributed by atoms with Gasteiger partial charge in [0, 0.05) is 21.6 Å². The number of nitrogens with zero attached hydrogens (tertiary/aromatic N) is 2. The second-order valence-electron chi connectivity index (χ2n) is 4.91. The van der Waals surface area contributed by atoms with Crippen molar-refractivity contribution in [1.29, 1.82) is 0 Å². The summed E-state index contributed by atoms with van der Waals surface area (Å²) >= 11 is 3.38. The maximum Gasteiger partial charge on any atom is 0.333 e. The van der Waals surface area contributed by atoms with Crippen molar-refractivity contribution in [3.8, 4) is 5.75 Å². The predicted molar refractivity (Wildman–Crippen MR) is 86.2 cm³/mol. The van der Waals surface area contributed by atoms with Crippen molar-refractivity contribution in [3.05, 3.63) is 58.4 Å². The number of hydrogen-bond acceptors (Lipinski definition) is 3. The van der Waals surface area contributed by atoms with Gasteiger partial charge in [0.2, 0.25) is 0 Å². The Kier molecular flexibility index (Phi) is 4.04. The highest BCUT2D eigenvalue weighted by atomic mass is 79.9. The van der Waals surface area contributed by atoms with Crippen molar-refractivity contribution in [3.63, 3.8) is 0 Å². The van der Waals surface area contributed by atoms with E-state index >= 15 is 0 Å². The van der Waals surface area contributed by atoms with E-state index in [2.05, 4.69) is 21.0 Å². The first-order chi connectivity index (χ1) is 11.0. The van der Waals surface area contributed by atoms with Crippen LogP contribution in [0.4, 0.5) is 4.39 Å². The fourth-order valence-corrected chi connectivity index (χ4v) is 2.93. The van der Waals surface area contributed by atoms with Crippen molar-refractivity contribution in [2.75, 3.05) is 7.11 Å².